The largest absolute Gasteiger partial charge is 0.317 e. The van der Waals surface area contributed by atoms with Gasteiger partial charge in [0.1, 0.15) is 10.0 Å². The molecule has 1 amide bonds. The third-order valence-electron chi connectivity index (χ3n) is 4.05. The summed E-state index contributed by atoms with van der Waals surface area (Å²) in [5.74, 6) is -0.0323. The fourth-order valence-electron chi connectivity index (χ4n) is 3.00. The SMILES string of the molecule is CC.CC(=O)Nc1sc2c(c1-c1nc3c(C)cccc3s1)CCNC2. The van der Waals surface area contributed by atoms with Crippen LogP contribution in [0.5, 0.6) is 0 Å². The Labute approximate surface area is 156 Å². The standard InChI is InChI=1S/C17H17N3OS2.C2H6/c1-9-4-3-5-12-15(9)20-17(22-12)14-11-6-7-18-8-13(11)23-16(14)19-10(2)21;1-2/h3-5,18H,6-8H2,1-2H3,(H,19,21);1-2H3. The van der Waals surface area contributed by atoms with Crippen molar-refractivity contribution in [3.8, 4) is 10.6 Å². The molecule has 4 rings (SSSR count). The van der Waals surface area contributed by atoms with Gasteiger partial charge in [0, 0.05) is 23.9 Å². The summed E-state index contributed by atoms with van der Waals surface area (Å²) < 4.78 is 1.20. The molecule has 0 atom stereocenters. The van der Waals surface area contributed by atoms with Gasteiger partial charge in [-0.15, -0.1) is 22.7 Å². The Morgan fingerprint density at radius 2 is 2.08 bits per heavy atom. The first-order valence-corrected chi connectivity index (χ1v) is 10.3. The van der Waals surface area contributed by atoms with Gasteiger partial charge in [0.05, 0.1) is 10.2 Å². The maximum absolute atomic E-state index is 11.6. The lowest BCUT2D eigenvalue weighted by atomic mass is 10.0. The minimum atomic E-state index is -0.0323. The van der Waals surface area contributed by atoms with Crippen molar-refractivity contribution in [2.45, 2.75) is 40.7 Å². The zero-order valence-corrected chi connectivity index (χ0v) is 16.7. The Morgan fingerprint density at radius 1 is 1.28 bits per heavy atom. The first-order chi connectivity index (χ1) is 12.1. The van der Waals surface area contributed by atoms with Gasteiger partial charge in [-0.3, -0.25) is 4.79 Å². The number of para-hydroxylation sites is 1. The van der Waals surface area contributed by atoms with Gasteiger partial charge >= 0.3 is 0 Å². The smallest absolute Gasteiger partial charge is 0.221 e. The zero-order valence-electron chi connectivity index (χ0n) is 15.0. The molecule has 0 spiro atoms. The molecule has 2 N–H and O–H groups in total. The topological polar surface area (TPSA) is 54.0 Å². The van der Waals surface area contributed by atoms with Crippen LogP contribution in [0.1, 0.15) is 36.8 Å². The third-order valence-corrected chi connectivity index (χ3v) is 6.24. The molecule has 1 aromatic carbocycles. The number of carbonyl (C=O) groups excluding carboxylic acids is 1. The lowest BCUT2D eigenvalue weighted by Gasteiger charge is -2.13. The molecule has 0 radical (unpaired) electrons. The normalized spacial score (nSPS) is 13.1. The Kier molecular flexibility index (Phi) is 5.51. The number of hydrogen-bond donors (Lipinski definition) is 2. The highest BCUT2D eigenvalue weighted by atomic mass is 32.1. The number of carbonyl (C=O) groups is 1. The molecule has 0 saturated heterocycles. The van der Waals surface area contributed by atoms with Gasteiger partial charge in [-0.05, 0) is 37.1 Å². The van der Waals surface area contributed by atoms with Crippen LogP contribution < -0.4 is 10.6 Å². The highest BCUT2D eigenvalue weighted by Gasteiger charge is 2.24. The van der Waals surface area contributed by atoms with E-state index in [1.807, 2.05) is 13.8 Å². The van der Waals surface area contributed by atoms with Crippen LogP contribution in [0.2, 0.25) is 0 Å². The van der Waals surface area contributed by atoms with Crippen LogP contribution in [-0.4, -0.2) is 17.4 Å². The number of fused-ring (bicyclic) bond motifs is 2. The summed E-state index contributed by atoms with van der Waals surface area (Å²) in [5.41, 5.74) is 4.73. The van der Waals surface area contributed by atoms with E-state index in [0.29, 0.717) is 0 Å². The van der Waals surface area contributed by atoms with Crippen molar-refractivity contribution in [1.29, 1.82) is 0 Å². The van der Waals surface area contributed by atoms with Crippen molar-refractivity contribution in [1.82, 2.24) is 10.3 Å². The van der Waals surface area contributed by atoms with E-state index in [1.165, 1.54) is 20.7 Å². The van der Waals surface area contributed by atoms with Crippen LogP contribution in [-0.2, 0) is 17.8 Å². The van der Waals surface area contributed by atoms with Gasteiger partial charge < -0.3 is 10.6 Å². The van der Waals surface area contributed by atoms with E-state index in [9.17, 15) is 4.79 Å². The second kappa shape index (κ2) is 7.64. The number of nitrogens with one attached hydrogen (secondary N) is 2. The number of nitrogens with zero attached hydrogens (tertiary/aromatic N) is 1. The fourth-order valence-corrected chi connectivity index (χ4v) is 5.45. The molecule has 0 fully saturated rings. The van der Waals surface area contributed by atoms with Crippen LogP contribution in [0.25, 0.3) is 20.8 Å². The average molecular weight is 374 g/mol. The second-order valence-electron chi connectivity index (χ2n) is 5.76. The van der Waals surface area contributed by atoms with Crippen molar-refractivity contribution in [3.05, 3.63) is 34.2 Å². The van der Waals surface area contributed by atoms with E-state index in [0.717, 1.165) is 40.6 Å². The number of rotatable bonds is 2. The summed E-state index contributed by atoms with van der Waals surface area (Å²) in [6, 6.07) is 6.27. The van der Waals surface area contributed by atoms with Gasteiger partial charge in [0.15, 0.2) is 0 Å². The monoisotopic (exact) mass is 373 g/mol. The zero-order chi connectivity index (χ0) is 18.0. The summed E-state index contributed by atoms with van der Waals surface area (Å²) in [6.45, 7) is 9.49. The predicted octanol–water partition coefficient (Wildman–Crippen LogP) is 4.96. The van der Waals surface area contributed by atoms with E-state index in [1.54, 1.807) is 29.6 Å². The van der Waals surface area contributed by atoms with Crippen molar-refractivity contribution in [3.63, 3.8) is 0 Å². The molecule has 0 saturated carbocycles. The number of anilines is 1. The molecule has 0 aliphatic carbocycles. The maximum atomic E-state index is 11.6. The maximum Gasteiger partial charge on any atom is 0.221 e. The minimum absolute atomic E-state index is 0.0323. The fraction of sp³-hybridized carbons (Fsp3) is 0.368. The molecule has 0 unspecified atom stereocenters. The number of benzene rings is 1. The molecule has 132 valence electrons. The highest BCUT2D eigenvalue weighted by molar-refractivity contribution is 7.23. The average Bonchev–Trinajstić information content (AvgIpc) is 3.17. The Morgan fingerprint density at radius 3 is 2.80 bits per heavy atom. The van der Waals surface area contributed by atoms with Gasteiger partial charge in [0.2, 0.25) is 5.91 Å². The van der Waals surface area contributed by atoms with Crippen LogP contribution in [0.3, 0.4) is 0 Å². The van der Waals surface area contributed by atoms with E-state index >= 15 is 0 Å². The van der Waals surface area contributed by atoms with Crippen molar-refractivity contribution >= 4 is 43.8 Å². The second-order valence-corrected chi connectivity index (χ2v) is 7.89. The lowest BCUT2D eigenvalue weighted by molar-refractivity contribution is -0.114. The van der Waals surface area contributed by atoms with Gasteiger partial charge in [-0.1, -0.05) is 26.0 Å². The molecule has 25 heavy (non-hydrogen) atoms. The summed E-state index contributed by atoms with van der Waals surface area (Å²) in [5, 5.41) is 8.35. The Bertz CT molecular complexity index is 911. The van der Waals surface area contributed by atoms with Gasteiger partial charge in [-0.25, -0.2) is 4.98 Å². The Hall–Kier alpha value is -1.76. The van der Waals surface area contributed by atoms with Crippen molar-refractivity contribution < 1.29 is 4.79 Å². The molecule has 1 aliphatic rings. The molecule has 0 bridgehead atoms. The van der Waals surface area contributed by atoms with Crippen LogP contribution in [0.4, 0.5) is 5.00 Å². The third kappa shape index (κ3) is 3.47. The summed E-state index contributed by atoms with van der Waals surface area (Å²) in [4.78, 5) is 17.8. The quantitative estimate of drug-likeness (QED) is 0.667. The minimum Gasteiger partial charge on any atom is -0.317 e. The molecular weight excluding hydrogens is 350 g/mol. The molecule has 4 nitrogen and oxygen atoms in total. The Balaban J connectivity index is 0.000000880. The number of amides is 1. The van der Waals surface area contributed by atoms with Crippen LogP contribution in [0, 0.1) is 6.92 Å². The van der Waals surface area contributed by atoms with Gasteiger partial charge in [0.25, 0.3) is 0 Å². The summed E-state index contributed by atoms with van der Waals surface area (Å²) in [7, 11) is 0. The molecule has 2 aromatic heterocycles. The predicted molar refractivity (Wildman–Crippen MR) is 109 cm³/mol. The molecule has 3 aromatic rings. The van der Waals surface area contributed by atoms with Crippen molar-refractivity contribution in [2.75, 3.05) is 11.9 Å². The van der Waals surface area contributed by atoms with E-state index in [2.05, 4.69) is 35.8 Å². The van der Waals surface area contributed by atoms with Crippen molar-refractivity contribution in [2.24, 2.45) is 0 Å². The number of hydrogen-bond acceptors (Lipinski definition) is 5. The number of thiophene rings is 1. The van der Waals surface area contributed by atoms with Crippen LogP contribution in [0.15, 0.2) is 18.2 Å². The number of thiazole rings is 1. The number of aryl methyl sites for hydroxylation is 1. The first-order valence-electron chi connectivity index (χ1n) is 8.63. The molecule has 3 heterocycles. The summed E-state index contributed by atoms with van der Waals surface area (Å²) >= 11 is 3.38. The van der Waals surface area contributed by atoms with Crippen LogP contribution >= 0.6 is 22.7 Å². The van der Waals surface area contributed by atoms with E-state index < -0.39 is 0 Å². The van der Waals surface area contributed by atoms with E-state index in [-0.39, 0.29) is 5.91 Å². The first kappa shape index (κ1) is 18.0. The molecule has 6 heteroatoms. The highest BCUT2D eigenvalue weighted by Crippen LogP contribution is 2.44. The van der Waals surface area contributed by atoms with Gasteiger partial charge in [-0.2, -0.15) is 0 Å². The lowest BCUT2D eigenvalue weighted by Crippen LogP contribution is -2.22. The van der Waals surface area contributed by atoms with E-state index in [4.69, 9.17) is 4.98 Å². The number of aromatic nitrogens is 1. The molecule has 1 aliphatic heterocycles. The summed E-state index contributed by atoms with van der Waals surface area (Å²) in [6.07, 6.45) is 0.982. The molecular formula is C19H23N3OS2.